The van der Waals surface area contributed by atoms with Crippen molar-refractivity contribution in [3.8, 4) is 0 Å². The van der Waals surface area contributed by atoms with E-state index in [1.165, 1.54) is 5.92 Å². The molecule has 1 aromatic rings. The highest BCUT2D eigenvalue weighted by Crippen LogP contribution is 2.05. The molecule has 1 heterocycles. The maximum absolute atomic E-state index is 4.19. The molecule has 11 heavy (non-hydrogen) atoms. The Bertz CT molecular complexity index is 218. The normalized spacial score (nSPS) is 10.9. The van der Waals surface area contributed by atoms with Crippen molar-refractivity contribution < 1.29 is 0 Å². The summed E-state index contributed by atoms with van der Waals surface area (Å²) in [5, 5.41) is 0.836. The maximum Gasteiger partial charge on any atom is 0.0949 e. The highest BCUT2D eigenvalue weighted by molar-refractivity contribution is 9.08. The number of aromatic nitrogens is 2. The van der Waals surface area contributed by atoms with E-state index in [1.54, 1.807) is 0 Å². The van der Waals surface area contributed by atoms with Gasteiger partial charge in [0.25, 0.3) is 0 Å². The quantitative estimate of drug-likeness (QED) is 0.709. The third-order valence-electron chi connectivity index (χ3n) is 1.32. The Hall–Kier alpha value is -0.310. The van der Waals surface area contributed by atoms with Crippen molar-refractivity contribution in [2.24, 2.45) is 0 Å². The number of hydrogen-bond donors (Lipinski definition) is 0. The molecule has 3 heteroatoms. The van der Waals surface area contributed by atoms with Crippen LogP contribution in [0.1, 0.15) is 19.5 Å². The zero-order valence-corrected chi connectivity index (χ0v) is 8.43. The van der Waals surface area contributed by atoms with Crippen molar-refractivity contribution in [3.05, 3.63) is 24.1 Å². The first kappa shape index (κ1) is 8.78. The van der Waals surface area contributed by atoms with Gasteiger partial charge in [-0.25, -0.2) is 4.98 Å². The number of hydrogen-bond acceptors (Lipinski definition) is 1. The highest BCUT2D eigenvalue weighted by atomic mass is 79.9. The van der Waals surface area contributed by atoms with Crippen molar-refractivity contribution >= 4 is 15.9 Å². The third-order valence-corrected chi connectivity index (χ3v) is 1.90. The van der Waals surface area contributed by atoms with Gasteiger partial charge in [0.15, 0.2) is 0 Å². The molecule has 1 aromatic heterocycles. The van der Waals surface area contributed by atoms with Crippen LogP contribution in [0.3, 0.4) is 0 Å². The van der Waals surface area contributed by atoms with Gasteiger partial charge in [-0.2, -0.15) is 0 Å². The molecule has 1 radical (unpaired) electrons. The molecule has 0 atom stereocenters. The van der Waals surface area contributed by atoms with Crippen molar-refractivity contribution in [1.82, 2.24) is 9.55 Å². The van der Waals surface area contributed by atoms with Gasteiger partial charge in [-0.1, -0.05) is 29.8 Å². The summed E-state index contributed by atoms with van der Waals surface area (Å²) >= 11 is 3.35. The predicted octanol–water partition coefficient (Wildman–Crippen LogP) is 2.39. The zero-order valence-electron chi connectivity index (χ0n) is 6.84. The van der Waals surface area contributed by atoms with Gasteiger partial charge in [-0.3, -0.25) is 0 Å². The Morgan fingerprint density at radius 3 is 2.82 bits per heavy atom. The van der Waals surface area contributed by atoms with Crippen LogP contribution in [0.5, 0.6) is 0 Å². The summed E-state index contributed by atoms with van der Waals surface area (Å²) in [5.74, 6) is 1.39. The van der Waals surface area contributed by atoms with Crippen molar-refractivity contribution in [2.45, 2.75) is 25.7 Å². The molecule has 0 aliphatic carbocycles. The molecule has 0 bridgehead atoms. The van der Waals surface area contributed by atoms with Gasteiger partial charge in [0.2, 0.25) is 0 Å². The minimum absolute atomic E-state index is 0.836. The second-order valence-electron chi connectivity index (χ2n) is 2.88. The summed E-state index contributed by atoms with van der Waals surface area (Å²) in [5.41, 5.74) is 1.09. The van der Waals surface area contributed by atoms with Crippen LogP contribution in [0.25, 0.3) is 0 Å². The summed E-state index contributed by atoms with van der Waals surface area (Å²) in [6, 6.07) is 0. The summed E-state index contributed by atoms with van der Waals surface area (Å²) in [4.78, 5) is 4.19. The Labute approximate surface area is 75.8 Å². The van der Waals surface area contributed by atoms with E-state index in [-0.39, 0.29) is 0 Å². The average molecular weight is 216 g/mol. The van der Waals surface area contributed by atoms with Gasteiger partial charge in [0, 0.05) is 18.1 Å². The number of alkyl halides is 1. The second kappa shape index (κ2) is 3.90. The van der Waals surface area contributed by atoms with Gasteiger partial charge in [-0.15, -0.1) is 0 Å². The Balaban J connectivity index is 2.58. The maximum atomic E-state index is 4.19. The molecule has 0 spiro atoms. The average Bonchev–Trinajstić information content (AvgIpc) is 2.34. The highest BCUT2D eigenvalue weighted by Gasteiger charge is 1.98. The largest absolute Gasteiger partial charge is 0.337 e. The topological polar surface area (TPSA) is 17.8 Å². The molecule has 0 aliphatic rings. The van der Waals surface area contributed by atoms with E-state index in [4.69, 9.17) is 0 Å². The third kappa shape index (κ3) is 2.66. The van der Waals surface area contributed by atoms with Gasteiger partial charge in [-0.05, 0) is 5.92 Å². The van der Waals surface area contributed by atoms with Gasteiger partial charge in [0.1, 0.15) is 0 Å². The van der Waals surface area contributed by atoms with E-state index in [2.05, 4.69) is 45.5 Å². The van der Waals surface area contributed by atoms with Crippen molar-refractivity contribution in [2.75, 3.05) is 0 Å². The van der Waals surface area contributed by atoms with E-state index in [9.17, 15) is 0 Å². The van der Waals surface area contributed by atoms with E-state index >= 15 is 0 Å². The van der Waals surface area contributed by atoms with Crippen LogP contribution in [0.2, 0.25) is 0 Å². The fraction of sp³-hybridized carbons (Fsp3) is 0.500. The van der Waals surface area contributed by atoms with E-state index in [0.29, 0.717) is 0 Å². The lowest BCUT2D eigenvalue weighted by molar-refractivity contribution is 0.710. The van der Waals surface area contributed by atoms with Crippen LogP contribution >= 0.6 is 15.9 Å². The summed E-state index contributed by atoms with van der Waals surface area (Å²) < 4.78 is 2.09. The molecular formula is C8H12BrN2. The smallest absolute Gasteiger partial charge is 0.0949 e. The van der Waals surface area contributed by atoms with Gasteiger partial charge < -0.3 is 4.57 Å². The van der Waals surface area contributed by atoms with Crippen LogP contribution in [0.15, 0.2) is 12.5 Å². The van der Waals surface area contributed by atoms with Crippen LogP contribution in [0, 0.1) is 5.92 Å². The minimum Gasteiger partial charge on any atom is -0.337 e. The molecule has 0 aliphatic heterocycles. The molecule has 0 saturated carbocycles. The van der Waals surface area contributed by atoms with Crippen LogP contribution in [-0.4, -0.2) is 9.55 Å². The summed E-state index contributed by atoms with van der Waals surface area (Å²) in [6.07, 6.45) is 3.92. The van der Waals surface area contributed by atoms with E-state index in [0.717, 1.165) is 17.6 Å². The number of halogens is 1. The first-order chi connectivity index (χ1) is 5.22. The SMILES string of the molecule is C[C](C)Cn1cnc(CBr)c1. The second-order valence-corrected chi connectivity index (χ2v) is 3.44. The number of nitrogens with zero attached hydrogens (tertiary/aromatic N) is 2. The van der Waals surface area contributed by atoms with Crippen LogP contribution in [-0.2, 0) is 11.9 Å². The molecule has 0 N–H and O–H groups in total. The first-order valence-corrected chi connectivity index (χ1v) is 4.70. The Kier molecular flexibility index (Phi) is 3.12. The van der Waals surface area contributed by atoms with E-state index in [1.807, 2.05) is 6.33 Å². The standard InChI is InChI=1S/C8H12BrN2/c1-7(2)4-11-5-8(3-9)10-6-11/h5-6H,3-4H2,1-2H3. The molecule has 2 nitrogen and oxygen atoms in total. The summed E-state index contributed by atoms with van der Waals surface area (Å²) in [7, 11) is 0. The summed E-state index contributed by atoms with van der Waals surface area (Å²) in [6.45, 7) is 5.21. The number of imidazole rings is 1. The zero-order chi connectivity index (χ0) is 8.27. The molecule has 61 valence electrons. The Morgan fingerprint density at radius 2 is 2.36 bits per heavy atom. The lowest BCUT2D eigenvalue weighted by Gasteiger charge is -2.02. The molecule has 0 amide bonds. The van der Waals surface area contributed by atoms with Crippen molar-refractivity contribution in [3.63, 3.8) is 0 Å². The lowest BCUT2D eigenvalue weighted by atomic mass is 10.2. The molecular weight excluding hydrogens is 204 g/mol. The molecule has 0 aromatic carbocycles. The monoisotopic (exact) mass is 215 g/mol. The number of rotatable bonds is 3. The van der Waals surface area contributed by atoms with Crippen LogP contribution < -0.4 is 0 Å². The molecule has 0 saturated heterocycles. The van der Waals surface area contributed by atoms with Crippen molar-refractivity contribution in [1.29, 1.82) is 0 Å². The van der Waals surface area contributed by atoms with Gasteiger partial charge in [0.05, 0.1) is 12.0 Å². The molecule has 1 rings (SSSR count). The van der Waals surface area contributed by atoms with Gasteiger partial charge >= 0.3 is 0 Å². The fourth-order valence-electron chi connectivity index (χ4n) is 0.927. The molecule has 0 unspecified atom stereocenters. The predicted molar refractivity (Wildman–Crippen MR) is 49.4 cm³/mol. The fourth-order valence-corrected chi connectivity index (χ4v) is 1.22. The molecule has 0 fully saturated rings. The minimum atomic E-state index is 0.836. The lowest BCUT2D eigenvalue weighted by Crippen LogP contribution is -1.99. The van der Waals surface area contributed by atoms with E-state index < -0.39 is 0 Å². The Morgan fingerprint density at radius 1 is 1.64 bits per heavy atom. The van der Waals surface area contributed by atoms with Crippen LogP contribution in [0.4, 0.5) is 0 Å². The first-order valence-electron chi connectivity index (χ1n) is 3.58.